The Kier molecular flexibility index (Phi) is 6.86. The van der Waals surface area contributed by atoms with Gasteiger partial charge in [0.15, 0.2) is 0 Å². The van der Waals surface area contributed by atoms with E-state index in [-0.39, 0.29) is 0 Å². The number of carboxylic acid groups (broad SMARTS) is 1. The Labute approximate surface area is 122 Å². The molecule has 20 heavy (non-hydrogen) atoms. The Balaban J connectivity index is 2.53. The second-order valence-electron chi connectivity index (χ2n) is 4.33. The highest BCUT2D eigenvalue weighted by Gasteiger charge is 2.21. The first-order valence-electron chi connectivity index (χ1n) is 6.17. The fraction of sp³-hybridized carbons (Fsp3) is 0.462. The van der Waals surface area contributed by atoms with Crippen LogP contribution in [0.2, 0.25) is 0 Å². The van der Waals surface area contributed by atoms with Gasteiger partial charge in [-0.15, -0.1) is 0 Å². The van der Waals surface area contributed by atoms with Crippen molar-refractivity contribution in [1.82, 2.24) is 15.2 Å². The molecular formula is C13H19N3O3S. The maximum absolute atomic E-state index is 12.0. The minimum Gasteiger partial charge on any atom is -0.480 e. The van der Waals surface area contributed by atoms with Gasteiger partial charge < -0.3 is 15.3 Å². The second-order valence-corrected chi connectivity index (χ2v) is 5.32. The lowest BCUT2D eigenvalue weighted by Gasteiger charge is -2.21. The molecule has 1 aromatic rings. The van der Waals surface area contributed by atoms with Gasteiger partial charge in [0.05, 0.1) is 0 Å². The molecule has 0 aliphatic rings. The molecule has 0 bridgehead atoms. The zero-order valence-electron chi connectivity index (χ0n) is 11.6. The van der Waals surface area contributed by atoms with Crippen LogP contribution in [0.3, 0.4) is 0 Å². The van der Waals surface area contributed by atoms with Crippen molar-refractivity contribution in [3.63, 3.8) is 0 Å². The molecule has 0 radical (unpaired) electrons. The minimum absolute atomic E-state index is 0.393. The fourth-order valence-electron chi connectivity index (χ4n) is 1.59. The van der Waals surface area contributed by atoms with Gasteiger partial charge in [0.2, 0.25) is 0 Å². The van der Waals surface area contributed by atoms with Crippen LogP contribution < -0.4 is 5.32 Å². The number of hydrogen-bond donors (Lipinski definition) is 2. The number of carbonyl (C=O) groups is 2. The third-order valence-electron chi connectivity index (χ3n) is 2.72. The largest absolute Gasteiger partial charge is 0.480 e. The summed E-state index contributed by atoms with van der Waals surface area (Å²) >= 11 is 1.55. The molecule has 6 nitrogen and oxygen atoms in total. The predicted octanol–water partition coefficient (Wildman–Crippen LogP) is 1.43. The highest BCUT2D eigenvalue weighted by molar-refractivity contribution is 7.98. The molecule has 2 N–H and O–H groups in total. The molecule has 1 unspecified atom stereocenters. The van der Waals surface area contributed by atoms with Crippen molar-refractivity contribution in [2.45, 2.75) is 19.0 Å². The summed E-state index contributed by atoms with van der Waals surface area (Å²) in [5.74, 6) is -0.324. The highest BCUT2D eigenvalue weighted by atomic mass is 32.2. The standard InChI is InChI=1S/C13H19N3O3S/c1-16(9-10-3-6-14-7-4-10)13(19)15-11(12(17)18)5-8-20-2/h3-4,6-7,11H,5,8-9H2,1-2H3,(H,15,19)(H,17,18). The summed E-state index contributed by atoms with van der Waals surface area (Å²) in [5, 5.41) is 11.6. The van der Waals surface area contributed by atoms with Gasteiger partial charge in [-0.2, -0.15) is 11.8 Å². The molecule has 1 rings (SSSR count). The van der Waals surface area contributed by atoms with E-state index >= 15 is 0 Å². The van der Waals surface area contributed by atoms with E-state index in [1.165, 1.54) is 4.90 Å². The molecule has 0 saturated carbocycles. The summed E-state index contributed by atoms with van der Waals surface area (Å²) in [5.41, 5.74) is 0.939. The number of hydrogen-bond acceptors (Lipinski definition) is 4. The Morgan fingerprint density at radius 3 is 2.65 bits per heavy atom. The minimum atomic E-state index is -1.01. The van der Waals surface area contributed by atoms with Crippen LogP contribution in [-0.4, -0.2) is 52.1 Å². The summed E-state index contributed by atoms with van der Waals surface area (Å²) in [6.07, 6.45) is 5.61. The van der Waals surface area contributed by atoms with Gasteiger partial charge in [-0.1, -0.05) is 0 Å². The molecule has 1 atom stereocenters. The van der Waals surface area contributed by atoms with Crippen molar-refractivity contribution in [2.75, 3.05) is 19.1 Å². The van der Waals surface area contributed by atoms with E-state index in [1.54, 1.807) is 31.2 Å². The van der Waals surface area contributed by atoms with Crippen LogP contribution in [0.25, 0.3) is 0 Å². The summed E-state index contributed by atoms with van der Waals surface area (Å²) < 4.78 is 0. The molecule has 0 aliphatic heterocycles. The third-order valence-corrected chi connectivity index (χ3v) is 3.37. The van der Waals surface area contributed by atoms with Crippen molar-refractivity contribution in [1.29, 1.82) is 0 Å². The van der Waals surface area contributed by atoms with E-state index in [0.29, 0.717) is 18.7 Å². The molecule has 0 aromatic carbocycles. The van der Waals surface area contributed by atoms with Gasteiger partial charge in [-0.25, -0.2) is 9.59 Å². The van der Waals surface area contributed by atoms with Crippen LogP contribution in [0, 0.1) is 0 Å². The average molecular weight is 297 g/mol. The van der Waals surface area contributed by atoms with Crippen LogP contribution in [0.1, 0.15) is 12.0 Å². The molecule has 2 amide bonds. The lowest BCUT2D eigenvalue weighted by Crippen LogP contribution is -2.46. The number of carbonyl (C=O) groups excluding carboxylic acids is 1. The Morgan fingerprint density at radius 1 is 1.45 bits per heavy atom. The molecule has 110 valence electrons. The number of aliphatic carboxylic acids is 1. The van der Waals surface area contributed by atoms with E-state index in [9.17, 15) is 9.59 Å². The number of rotatable bonds is 7. The molecule has 1 aromatic heterocycles. The van der Waals surface area contributed by atoms with Gasteiger partial charge >= 0.3 is 12.0 Å². The zero-order valence-corrected chi connectivity index (χ0v) is 12.4. The summed E-state index contributed by atoms with van der Waals surface area (Å²) in [7, 11) is 1.63. The molecule has 0 saturated heterocycles. The first kappa shape index (κ1) is 16.3. The monoisotopic (exact) mass is 297 g/mol. The van der Waals surface area contributed by atoms with Crippen LogP contribution >= 0.6 is 11.8 Å². The maximum Gasteiger partial charge on any atom is 0.326 e. The van der Waals surface area contributed by atoms with E-state index in [1.807, 2.05) is 18.4 Å². The van der Waals surface area contributed by atoms with Gasteiger partial charge in [0.25, 0.3) is 0 Å². The van der Waals surface area contributed by atoms with E-state index in [0.717, 1.165) is 5.56 Å². The molecule has 0 spiro atoms. The van der Waals surface area contributed by atoms with Crippen LogP contribution in [0.15, 0.2) is 24.5 Å². The quantitative estimate of drug-likeness (QED) is 0.795. The van der Waals surface area contributed by atoms with E-state index in [4.69, 9.17) is 5.11 Å². The number of nitrogens with zero attached hydrogens (tertiary/aromatic N) is 2. The average Bonchev–Trinajstić information content (AvgIpc) is 2.43. The van der Waals surface area contributed by atoms with Crippen LogP contribution in [0.4, 0.5) is 4.79 Å². The van der Waals surface area contributed by atoms with Crippen LogP contribution in [0.5, 0.6) is 0 Å². The van der Waals surface area contributed by atoms with E-state index < -0.39 is 18.0 Å². The number of thioether (sulfide) groups is 1. The number of aromatic nitrogens is 1. The Hall–Kier alpha value is -1.76. The SMILES string of the molecule is CSCCC(NC(=O)N(C)Cc1ccncc1)C(=O)O. The number of pyridine rings is 1. The summed E-state index contributed by atoms with van der Waals surface area (Å²) in [6.45, 7) is 0.406. The Bertz CT molecular complexity index is 442. The smallest absolute Gasteiger partial charge is 0.326 e. The number of carboxylic acids is 1. The second kappa shape index (κ2) is 8.42. The molecule has 1 heterocycles. The summed E-state index contributed by atoms with van der Waals surface area (Å²) in [4.78, 5) is 28.4. The lowest BCUT2D eigenvalue weighted by molar-refractivity contribution is -0.139. The number of nitrogens with one attached hydrogen (secondary N) is 1. The highest BCUT2D eigenvalue weighted by Crippen LogP contribution is 2.04. The van der Waals surface area contributed by atoms with Crippen molar-refractivity contribution in [3.05, 3.63) is 30.1 Å². The van der Waals surface area contributed by atoms with Crippen LogP contribution in [-0.2, 0) is 11.3 Å². The number of amides is 2. The Morgan fingerprint density at radius 2 is 2.10 bits per heavy atom. The van der Waals surface area contributed by atoms with Gasteiger partial charge in [0, 0.05) is 26.0 Å². The predicted molar refractivity (Wildman–Crippen MR) is 78.7 cm³/mol. The van der Waals surface area contributed by atoms with Crippen molar-refractivity contribution < 1.29 is 14.7 Å². The first-order chi connectivity index (χ1) is 9.54. The normalized spacial score (nSPS) is 11.7. The molecular weight excluding hydrogens is 278 g/mol. The fourth-order valence-corrected chi connectivity index (χ4v) is 2.06. The van der Waals surface area contributed by atoms with Gasteiger partial charge in [-0.05, 0) is 36.1 Å². The topological polar surface area (TPSA) is 82.5 Å². The summed E-state index contributed by atoms with van der Waals surface area (Å²) in [6, 6.07) is 2.38. The lowest BCUT2D eigenvalue weighted by atomic mass is 10.2. The van der Waals surface area contributed by atoms with Gasteiger partial charge in [-0.3, -0.25) is 4.98 Å². The maximum atomic E-state index is 12.0. The first-order valence-corrected chi connectivity index (χ1v) is 7.56. The zero-order chi connectivity index (χ0) is 15.0. The third kappa shape index (κ3) is 5.48. The van der Waals surface area contributed by atoms with E-state index in [2.05, 4.69) is 10.3 Å². The number of urea groups is 1. The molecule has 0 fully saturated rings. The van der Waals surface area contributed by atoms with Gasteiger partial charge in [0.1, 0.15) is 6.04 Å². The van der Waals surface area contributed by atoms with Crippen molar-refractivity contribution in [3.8, 4) is 0 Å². The molecule has 0 aliphatic carbocycles. The molecule has 7 heteroatoms. The van der Waals surface area contributed by atoms with Crippen molar-refractivity contribution >= 4 is 23.8 Å². The van der Waals surface area contributed by atoms with Crippen molar-refractivity contribution in [2.24, 2.45) is 0 Å².